The number of methoxy groups -OCH3 is 1. The molecule has 0 atom stereocenters. The zero-order chi connectivity index (χ0) is 14.9. The molecule has 0 aliphatic heterocycles. The molecule has 0 amide bonds. The van der Waals surface area contributed by atoms with E-state index in [-0.39, 0.29) is 21.3 Å². The fraction of sp³-hybridized carbons (Fsp3) is 0.0769. The highest BCUT2D eigenvalue weighted by Crippen LogP contribution is 2.36. The summed E-state index contributed by atoms with van der Waals surface area (Å²) in [4.78, 5) is 15.3. The van der Waals surface area contributed by atoms with Gasteiger partial charge in [-0.05, 0) is 18.2 Å². The molecule has 20 heavy (non-hydrogen) atoms. The predicted molar refractivity (Wildman–Crippen MR) is 76.0 cm³/mol. The zero-order valence-corrected chi connectivity index (χ0v) is 12.4. The van der Waals surface area contributed by atoms with Crippen LogP contribution in [0.1, 0.15) is 10.4 Å². The van der Waals surface area contributed by atoms with Gasteiger partial charge in [0.25, 0.3) is 0 Å². The molecule has 0 saturated heterocycles. The van der Waals surface area contributed by atoms with E-state index in [1.165, 1.54) is 18.2 Å². The second-order valence-corrected chi connectivity index (χ2v) is 5.01. The van der Waals surface area contributed by atoms with Gasteiger partial charge in [0.15, 0.2) is 5.82 Å². The lowest BCUT2D eigenvalue weighted by atomic mass is 10.1. The van der Waals surface area contributed by atoms with Crippen LogP contribution in [0.4, 0.5) is 4.39 Å². The minimum absolute atomic E-state index is 0.214. The molecule has 0 bridgehead atoms. The largest absolute Gasteiger partial charge is 0.465 e. The van der Waals surface area contributed by atoms with Crippen LogP contribution in [-0.4, -0.2) is 18.1 Å². The Balaban J connectivity index is 2.62. The van der Waals surface area contributed by atoms with Crippen molar-refractivity contribution in [2.75, 3.05) is 7.11 Å². The summed E-state index contributed by atoms with van der Waals surface area (Å²) in [5.41, 5.74) is 0.417. The van der Waals surface area contributed by atoms with E-state index in [1.807, 2.05) is 0 Å². The lowest BCUT2D eigenvalue weighted by Crippen LogP contribution is -2.05. The number of carbonyl (C=O) groups excluding carboxylic acids is 1. The Hall–Kier alpha value is -1.36. The molecule has 3 nitrogen and oxygen atoms in total. The molecule has 0 spiro atoms. The van der Waals surface area contributed by atoms with E-state index in [1.54, 1.807) is 0 Å². The Morgan fingerprint density at radius 1 is 1.25 bits per heavy atom. The summed E-state index contributed by atoms with van der Waals surface area (Å²) in [5, 5.41) is 0.797. The molecule has 104 valence electrons. The van der Waals surface area contributed by atoms with E-state index in [9.17, 15) is 9.18 Å². The Kier molecular flexibility index (Phi) is 4.48. The number of pyridine rings is 1. The van der Waals surface area contributed by atoms with Crippen molar-refractivity contribution in [3.8, 4) is 11.3 Å². The second-order valence-electron chi connectivity index (χ2n) is 3.79. The maximum Gasteiger partial charge on any atom is 0.340 e. The van der Waals surface area contributed by atoms with Gasteiger partial charge in [-0.25, -0.2) is 9.18 Å². The smallest absolute Gasteiger partial charge is 0.340 e. The van der Waals surface area contributed by atoms with Crippen molar-refractivity contribution in [2.24, 2.45) is 0 Å². The third-order valence-corrected chi connectivity index (χ3v) is 3.55. The highest BCUT2D eigenvalue weighted by molar-refractivity contribution is 6.45. The quantitative estimate of drug-likeness (QED) is 0.593. The van der Waals surface area contributed by atoms with Crippen molar-refractivity contribution in [2.45, 2.75) is 0 Å². The minimum Gasteiger partial charge on any atom is -0.465 e. The van der Waals surface area contributed by atoms with Gasteiger partial charge < -0.3 is 4.74 Å². The highest BCUT2D eigenvalue weighted by Gasteiger charge is 2.17. The number of benzene rings is 1. The number of esters is 1. The summed E-state index contributed by atoms with van der Waals surface area (Å²) < 4.78 is 18.0. The van der Waals surface area contributed by atoms with E-state index < -0.39 is 11.8 Å². The molecule has 0 fully saturated rings. The van der Waals surface area contributed by atoms with E-state index in [0.29, 0.717) is 10.6 Å². The van der Waals surface area contributed by atoms with Crippen LogP contribution in [0.2, 0.25) is 15.1 Å². The number of nitrogens with zero attached hydrogens (tertiary/aromatic N) is 1. The SMILES string of the molecule is COC(=O)c1cc(-c2cc(Cl)cc(Cl)c2Cl)ncc1F. The van der Waals surface area contributed by atoms with Gasteiger partial charge in [0.05, 0.1) is 34.6 Å². The lowest BCUT2D eigenvalue weighted by molar-refractivity contribution is 0.0595. The summed E-state index contributed by atoms with van der Waals surface area (Å²) in [5.74, 6) is -1.60. The van der Waals surface area contributed by atoms with Crippen LogP contribution >= 0.6 is 34.8 Å². The predicted octanol–water partition coefficient (Wildman–Crippen LogP) is 4.63. The third kappa shape index (κ3) is 2.87. The van der Waals surface area contributed by atoms with Gasteiger partial charge in [0, 0.05) is 10.6 Å². The van der Waals surface area contributed by atoms with Crippen LogP contribution in [0.15, 0.2) is 24.4 Å². The summed E-state index contributed by atoms with van der Waals surface area (Å²) in [6.07, 6.45) is 0.909. The first kappa shape index (κ1) is 15.0. The Morgan fingerprint density at radius 2 is 1.95 bits per heavy atom. The molecule has 0 radical (unpaired) electrons. The lowest BCUT2D eigenvalue weighted by Gasteiger charge is -2.08. The molecular formula is C13H7Cl3FNO2. The molecule has 0 unspecified atom stereocenters. The van der Waals surface area contributed by atoms with Gasteiger partial charge in [-0.2, -0.15) is 0 Å². The number of hydrogen-bond acceptors (Lipinski definition) is 3. The Bertz CT molecular complexity index is 692. The monoisotopic (exact) mass is 333 g/mol. The minimum atomic E-state index is -0.810. The van der Waals surface area contributed by atoms with E-state index in [4.69, 9.17) is 34.8 Å². The maximum atomic E-state index is 13.5. The topological polar surface area (TPSA) is 39.2 Å². The van der Waals surface area contributed by atoms with Gasteiger partial charge >= 0.3 is 5.97 Å². The second kappa shape index (κ2) is 5.95. The first-order valence-corrected chi connectivity index (χ1v) is 6.46. The van der Waals surface area contributed by atoms with Crippen LogP contribution in [0.3, 0.4) is 0 Å². The molecule has 0 aliphatic rings. The Morgan fingerprint density at radius 3 is 2.60 bits per heavy atom. The fourth-order valence-corrected chi connectivity index (χ4v) is 2.29. The fourth-order valence-electron chi connectivity index (χ4n) is 1.59. The van der Waals surface area contributed by atoms with Crippen LogP contribution < -0.4 is 0 Å². The van der Waals surface area contributed by atoms with Crippen LogP contribution in [0, 0.1) is 5.82 Å². The van der Waals surface area contributed by atoms with Crippen molar-refractivity contribution >= 4 is 40.8 Å². The molecule has 1 aromatic heterocycles. The van der Waals surface area contributed by atoms with E-state index >= 15 is 0 Å². The molecule has 7 heteroatoms. The van der Waals surface area contributed by atoms with Crippen LogP contribution in [0.25, 0.3) is 11.3 Å². The molecule has 1 heterocycles. The summed E-state index contributed by atoms with van der Waals surface area (Å²) in [6, 6.07) is 4.23. The van der Waals surface area contributed by atoms with Crippen molar-refractivity contribution in [3.05, 3.63) is 50.8 Å². The summed E-state index contributed by atoms with van der Waals surface area (Å²) >= 11 is 17.9. The first-order valence-electron chi connectivity index (χ1n) is 5.32. The number of ether oxygens (including phenoxy) is 1. The van der Waals surface area contributed by atoms with E-state index in [2.05, 4.69) is 9.72 Å². The maximum absolute atomic E-state index is 13.5. The number of carbonyl (C=O) groups is 1. The standard InChI is InChI=1S/C13H7Cl3FNO2/c1-20-13(19)7-4-11(18-5-10(7)17)8-2-6(14)3-9(15)12(8)16/h2-5H,1H3. The number of aromatic nitrogens is 1. The Labute approximate surface area is 129 Å². The molecule has 2 rings (SSSR count). The van der Waals surface area contributed by atoms with Crippen LogP contribution in [-0.2, 0) is 4.74 Å². The zero-order valence-electron chi connectivity index (χ0n) is 10.1. The third-order valence-electron chi connectivity index (χ3n) is 2.53. The first-order chi connectivity index (χ1) is 9.43. The summed E-state index contributed by atoms with van der Waals surface area (Å²) in [7, 11) is 1.16. The van der Waals surface area contributed by atoms with Gasteiger partial charge in [-0.15, -0.1) is 0 Å². The van der Waals surface area contributed by atoms with Crippen molar-refractivity contribution < 1.29 is 13.9 Å². The van der Waals surface area contributed by atoms with Gasteiger partial charge in [-0.1, -0.05) is 34.8 Å². The van der Waals surface area contributed by atoms with Crippen molar-refractivity contribution in [1.82, 2.24) is 4.98 Å². The molecule has 0 saturated carbocycles. The van der Waals surface area contributed by atoms with Gasteiger partial charge in [0.2, 0.25) is 0 Å². The molecule has 0 N–H and O–H groups in total. The molecule has 1 aromatic carbocycles. The number of halogens is 4. The highest BCUT2D eigenvalue weighted by atomic mass is 35.5. The van der Waals surface area contributed by atoms with Crippen LogP contribution in [0.5, 0.6) is 0 Å². The molecule has 2 aromatic rings. The molecular weight excluding hydrogens is 328 g/mol. The average Bonchev–Trinajstić information content (AvgIpc) is 2.42. The number of rotatable bonds is 2. The van der Waals surface area contributed by atoms with Crippen molar-refractivity contribution in [3.63, 3.8) is 0 Å². The summed E-state index contributed by atoms with van der Waals surface area (Å²) in [6.45, 7) is 0. The molecule has 0 aliphatic carbocycles. The normalized spacial score (nSPS) is 10.4. The van der Waals surface area contributed by atoms with Gasteiger partial charge in [-0.3, -0.25) is 4.98 Å². The van der Waals surface area contributed by atoms with Gasteiger partial charge in [0.1, 0.15) is 0 Å². The van der Waals surface area contributed by atoms with E-state index in [0.717, 1.165) is 13.3 Å². The average molecular weight is 335 g/mol. The van der Waals surface area contributed by atoms with Crippen molar-refractivity contribution in [1.29, 1.82) is 0 Å². The number of hydrogen-bond donors (Lipinski definition) is 0.